The molecule has 0 bridgehead atoms. The van der Waals surface area contributed by atoms with Crippen molar-refractivity contribution in [3.8, 4) is 0 Å². The highest BCUT2D eigenvalue weighted by Gasteiger charge is 2.29. The summed E-state index contributed by atoms with van der Waals surface area (Å²) >= 11 is 1.92. The molecule has 2 heterocycles. The number of hydrogen-bond acceptors (Lipinski definition) is 3. The van der Waals surface area contributed by atoms with Crippen LogP contribution in [0.1, 0.15) is 23.1 Å². The van der Waals surface area contributed by atoms with Gasteiger partial charge in [-0.15, -0.1) is 23.7 Å². The standard InChI is InChI=1S/C13H22N2S.ClH/c1-11-4-5-12(16-11)8-15(3)10-13(2)6-7-14-9-13;/h4-5,14H,6-10H2,1-3H3;1H. The van der Waals surface area contributed by atoms with Crippen LogP contribution in [0.3, 0.4) is 0 Å². The van der Waals surface area contributed by atoms with Crippen molar-refractivity contribution in [3.63, 3.8) is 0 Å². The molecule has 2 rings (SSSR count). The Morgan fingerprint density at radius 3 is 2.76 bits per heavy atom. The van der Waals surface area contributed by atoms with Gasteiger partial charge in [-0.25, -0.2) is 0 Å². The van der Waals surface area contributed by atoms with Crippen LogP contribution in [0.4, 0.5) is 0 Å². The van der Waals surface area contributed by atoms with Crippen LogP contribution in [0.5, 0.6) is 0 Å². The van der Waals surface area contributed by atoms with Gasteiger partial charge >= 0.3 is 0 Å². The Bertz CT molecular complexity index is 345. The van der Waals surface area contributed by atoms with Gasteiger partial charge in [0, 0.05) is 29.4 Å². The fourth-order valence-corrected chi connectivity index (χ4v) is 3.52. The molecule has 1 N–H and O–H groups in total. The molecular formula is C13H23ClN2S. The first-order valence-electron chi connectivity index (χ1n) is 6.02. The van der Waals surface area contributed by atoms with Crippen LogP contribution in [-0.4, -0.2) is 31.6 Å². The van der Waals surface area contributed by atoms with E-state index in [2.05, 4.69) is 43.2 Å². The Balaban J connectivity index is 0.00000144. The Labute approximate surface area is 115 Å². The SMILES string of the molecule is Cc1ccc(CN(C)CC2(C)CCNC2)s1.Cl. The van der Waals surface area contributed by atoms with Crippen molar-refractivity contribution < 1.29 is 0 Å². The third-order valence-corrected chi connectivity index (χ3v) is 4.32. The van der Waals surface area contributed by atoms with E-state index in [1.807, 2.05) is 11.3 Å². The molecule has 1 atom stereocenters. The molecule has 1 fully saturated rings. The fourth-order valence-electron chi connectivity index (χ4n) is 2.55. The number of nitrogens with one attached hydrogen (secondary N) is 1. The molecule has 1 aromatic rings. The third-order valence-electron chi connectivity index (χ3n) is 3.33. The molecule has 0 saturated carbocycles. The Kier molecular flexibility index (Phi) is 5.45. The van der Waals surface area contributed by atoms with Gasteiger partial charge in [0.05, 0.1) is 0 Å². The maximum atomic E-state index is 3.46. The predicted molar refractivity (Wildman–Crippen MR) is 78.2 cm³/mol. The highest BCUT2D eigenvalue weighted by molar-refractivity contribution is 7.11. The van der Waals surface area contributed by atoms with Gasteiger partial charge in [0.25, 0.3) is 0 Å². The van der Waals surface area contributed by atoms with Crippen molar-refractivity contribution in [2.24, 2.45) is 5.41 Å². The van der Waals surface area contributed by atoms with Gasteiger partial charge in [-0.1, -0.05) is 6.92 Å². The highest BCUT2D eigenvalue weighted by Crippen LogP contribution is 2.26. The Morgan fingerprint density at radius 1 is 1.47 bits per heavy atom. The molecule has 1 saturated heterocycles. The zero-order valence-electron chi connectivity index (χ0n) is 11.0. The van der Waals surface area contributed by atoms with Crippen LogP contribution >= 0.6 is 23.7 Å². The van der Waals surface area contributed by atoms with Crippen LogP contribution in [0.15, 0.2) is 12.1 Å². The van der Waals surface area contributed by atoms with Crippen molar-refractivity contribution in [1.82, 2.24) is 10.2 Å². The molecule has 1 aliphatic rings. The van der Waals surface area contributed by atoms with Crippen molar-refractivity contribution in [2.75, 3.05) is 26.7 Å². The number of thiophene rings is 1. The molecule has 17 heavy (non-hydrogen) atoms. The zero-order valence-corrected chi connectivity index (χ0v) is 12.6. The van der Waals surface area contributed by atoms with Crippen LogP contribution in [-0.2, 0) is 6.54 Å². The number of hydrogen-bond donors (Lipinski definition) is 1. The summed E-state index contributed by atoms with van der Waals surface area (Å²) in [6.07, 6.45) is 1.31. The van der Waals surface area contributed by atoms with Gasteiger partial charge in [0.2, 0.25) is 0 Å². The van der Waals surface area contributed by atoms with E-state index in [0.29, 0.717) is 5.41 Å². The molecule has 2 nitrogen and oxygen atoms in total. The van der Waals surface area contributed by atoms with E-state index >= 15 is 0 Å². The molecule has 0 amide bonds. The molecular weight excluding hydrogens is 252 g/mol. The van der Waals surface area contributed by atoms with E-state index < -0.39 is 0 Å². The Hall–Kier alpha value is -0.0900. The molecule has 1 unspecified atom stereocenters. The lowest BCUT2D eigenvalue weighted by Crippen LogP contribution is -2.34. The van der Waals surface area contributed by atoms with E-state index in [1.165, 1.54) is 35.8 Å². The normalized spacial score (nSPS) is 24.0. The largest absolute Gasteiger partial charge is 0.316 e. The molecule has 0 aromatic carbocycles. The molecule has 98 valence electrons. The molecule has 0 radical (unpaired) electrons. The second kappa shape index (κ2) is 6.19. The predicted octanol–water partition coefficient (Wildman–Crippen LogP) is 2.91. The zero-order chi connectivity index (χ0) is 11.6. The lowest BCUT2D eigenvalue weighted by Gasteiger charge is -2.28. The summed E-state index contributed by atoms with van der Waals surface area (Å²) in [5, 5.41) is 3.46. The number of rotatable bonds is 4. The fraction of sp³-hybridized carbons (Fsp3) is 0.692. The minimum Gasteiger partial charge on any atom is -0.316 e. The van der Waals surface area contributed by atoms with E-state index in [-0.39, 0.29) is 12.4 Å². The molecule has 4 heteroatoms. The lowest BCUT2D eigenvalue weighted by atomic mass is 9.89. The second-order valence-corrected chi connectivity index (χ2v) is 6.79. The molecule has 0 aliphatic carbocycles. The van der Waals surface area contributed by atoms with Gasteiger partial charge in [-0.3, -0.25) is 0 Å². The summed E-state index contributed by atoms with van der Waals surface area (Å²) in [7, 11) is 2.23. The number of aryl methyl sites for hydroxylation is 1. The average molecular weight is 275 g/mol. The first kappa shape index (κ1) is 15.0. The quantitative estimate of drug-likeness (QED) is 0.908. The Morgan fingerprint density at radius 2 is 2.24 bits per heavy atom. The summed E-state index contributed by atoms with van der Waals surface area (Å²) in [5.74, 6) is 0. The van der Waals surface area contributed by atoms with Crippen LogP contribution in [0.25, 0.3) is 0 Å². The highest BCUT2D eigenvalue weighted by atomic mass is 35.5. The number of nitrogens with zero attached hydrogens (tertiary/aromatic N) is 1. The summed E-state index contributed by atoms with van der Waals surface area (Å²) in [4.78, 5) is 5.35. The topological polar surface area (TPSA) is 15.3 Å². The van der Waals surface area contributed by atoms with E-state index in [1.54, 1.807) is 0 Å². The van der Waals surface area contributed by atoms with Crippen molar-refractivity contribution >= 4 is 23.7 Å². The van der Waals surface area contributed by atoms with Gasteiger partial charge < -0.3 is 10.2 Å². The van der Waals surface area contributed by atoms with Crippen LogP contribution in [0.2, 0.25) is 0 Å². The van der Waals surface area contributed by atoms with Crippen molar-refractivity contribution in [2.45, 2.75) is 26.8 Å². The van der Waals surface area contributed by atoms with Gasteiger partial charge in [-0.2, -0.15) is 0 Å². The summed E-state index contributed by atoms with van der Waals surface area (Å²) in [5.41, 5.74) is 0.473. The summed E-state index contributed by atoms with van der Waals surface area (Å²) in [6, 6.07) is 4.47. The third kappa shape index (κ3) is 4.25. The minimum atomic E-state index is 0. The maximum absolute atomic E-state index is 3.46. The van der Waals surface area contributed by atoms with Crippen LogP contribution < -0.4 is 5.32 Å². The van der Waals surface area contributed by atoms with E-state index in [0.717, 1.165) is 6.54 Å². The van der Waals surface area contributed by atoms with E-state index in [9.17, 15) is 0 Å². The molecule has 1 aliphatic heterocycles. The average Bonchev–Trinajstić information content (AvgIpc) is 2.75. The molecule has 0 spiro atoms. The first-order chi connectivity index (χ1) is 7.57. The summed E-state index contributed by atoms with van der Waals surface area (Å²) < 4.78 is 0. The van der Waals surface area contributed by atoms with Crippen LogP contribution in [0, 0.1) is 12.3 Å². The lowest BCUT2D eigenvalue weighted by molar-refractivity contribution is 0.204. The number of halogens is 1. The van der Waals surface area contributed by atoms with Gasteiger partial charge in [0.15, 0.2) is 0 Å². The van der Waals surface area contributed by atoms with Crippen molar-refractivity contribution in [3.05, 3.63) is 21.9 Å². The second-order valence-electron chi connectivity index (χ2n) is 5.42. The first-order valence-corrected chi connectivity index (χ1v) is 6.84. The van der Waals surface area contributed by atoms with Crippen molar-refractivity contribution in [1.29, 1.82) is 0 Å². The van der Waals surface area contributed by atoms with Gasteiger partial charge in [-0.05, 0) is 44.5 Å². The van der Waals surface area contributed by atoms with Gasteiger partial charge in [0.1, 0.15) is 0 Å². The summed E-state index contributed by atoms with van der Waals surface area (Å²) in [6.45, 7) is 9.20. The minimum absolute atomic E-state index is 0. The molecule has 1 aromatic heterocycles. The smallest absolute Gasteiger partial charge is 0.0325 e. The maximum Gasteiger partial charge on any atom is 0.0325 e. The monoisotopic (exact) mass is 274 g/mol. The van der Waals surface area contributed by atoms with E-state index in [4.69, 9.17) is 0 Å².